The van der Waals surface area contributed by atoms with Gasteiger partial charge in [-0.05, 0) is 68.1 Å². The Morgan fingerprint density at radius 2 is 1.56 bits per heavy atom. The normalized spacial score (nSPS) is 14.2. The smallest absolute Gasteiger partial charge is 0.368 e. The standard InChI is InChI=1S/C31H31F3N4O3/c32-31(33,34)23-13-10-21(11-14-23)29-26(8-4-5-9-28(39)40)35-27-20-22(12-15-25(27)36-29)30(41)38-18-16-37(17-19-38)24-6-2-1-3-7-24/h1-3,6-7,10-15,20,28,39-40H,4-5,8-9,16-19H2. The van der Waals surface area contributed by atoms with Crippen molar-refractivity contribution in [1.29, 1.82) is 0 Å². The molecule has 2 heterocycles. The number of aryl methyl sites for hydroxylation is 1. The summed E-state index contributed by atoms with van der Waals surface area (Å²) in [5, 5.41) is 18.3. The van der Waals surface area contributed by atoms with Gasteiger partial charge in [-0.25, -0.2) is 9.97 Å². The van der Waals surface area contributed by atoms with Gasteiger partial charge in [0.15, 0.2) is 6.29 Å². The highest BCUT2D eigenvalue weighted by atomic mass is 19.4. The summed E-state index contributed by atoms with van der Waals surface area (Å²) in [6, 6.07) is 20.0. The van der Waals surface area contributed by atoms with E-state index in [2.05, 4.69) is 17.0 Å². The van der Waals surface area contributed by atoms with Gasteiger partial charge in [0.2, 0.25) is 0 Å². The van der Waals surface area contributed by atoms with E-state index in [1.54, 1.807) is 18.2 Å². The molecule has 10 heteroatoms. The van der Waals surface area contributed by atoms with Crippen molar-refractivity contribution >= 4 is 22.6 Å². The van der Waals surface area contributed by atoms with E-state index in [4.69, 9.17) is 9.97 Å². The van der Waals surface area contributed by atoms with Crippen LogP contribution >= 0.6 is 0 Å². The van der Waals surface area contributed by atoms with E-state index in [9.17, 15) is 28.2 Å². The van der Waals surface area contributed by atoms with Crippen molar-refractivity contribution in [3.8, 4) is 11.3 Å². The quantitative estimate of drug-likeness (QED) is 0.223. The van der Waals surface area contributed by atoms with Crippen LogP contribution in [0.1, 0.15) is 40.9 Å². The van der Waals surface area contributed by atoms with E-state index >= 15 is 0 Å². The number of aliphatic hydroxyl groups excluding tert-OH is 1. The summed E-state index contributed by atoms with van der Waals surface area (Å²) in [6.07, 6.45) is -4.11. The molecule has 5 rings (SSSR count). The Bertz CT molecular complexity index is 1490. The largest absolute Gasteiger partial charge is 0.416 e. The summed E-state index contributed by atoms with van der Waals surface area (Å²) in [4.78, 5) is 27.0. The number of carbonyl (C=O) groups excluding carboxylic acids is 1. The van der Waals surface area contributed by atoms with Crippen LogP contribution in [0.3, 0.4) is 0 Å². The molecule has 1 aliphatic rings. The van der Waals surface area contributed by atoms with Gasteiger partial charge in [-0.1, -0.05) is 30.3 Å². The summed E-state index contributed by atoms with van der Waals surface area (Å²) in [5.74, 6) is -0.0910. The lowest BCUT2D eigenvalue weighted by Crippen LogP contribution is -2.48. The van der Waals surface area contributed by atoms with E-state index < -0.39 is 18.0 Å². The lowest BCUT2D eigenvalue weighted by atomic mass is 10.0. The summed E-state index contributed by atoms with van der Waals surface area (Å²) in [6.45, 7) is 2.64. The van der Waals surface area contributed by atoms with E-state index in [0.29, 0.717) is 65.9 Å². The molecule has 41 heavy (non-hydrogen) atoms. The van der Waals surface area contributed by atoms with Crippen molar-refractivity contribution in [2.24, 2.45) is 0 Å². The molecule has 0 spiro atoms. The number of amides is 1. The molecule has 0 radical (unpaired) electrons. The van der Waals surface area contributed by atoms with Crippen molar-refractivity contribution in [2.45, 2.75) is 38.1 Å². The number of hydrogen-bond acceptors (Lipinski definition) is 6. The first-order valence-corrected chi connectivity index (χ1v) is 13.6. The number of alkyl halides is 3. The van der Waals surface area contributed by atoms with E-state index in [1.165, 1.54) is 12.1 Å². The minimum atomic E-state index is -4.45. The van der Waals surface area contributed by atoms with Gasteiger partial charge >= 0.3 is 6.18 Å². The minimum Gasteiger partial charge on any atom is -0.368 e. The molecule has 7 nitrogen and oxygen atoms in total. The van der Waals surface area contributed by atoms with Crippen molar-refractivity contribution < 1.29 is 28.2 Å². The van der Waals surface area contributed by atoms with Gasteiger partial charge in [0.1, 0.15) is 0 Å². The van der Waals surface area contributed by atoms with E-state index in [-0.39, 0.29) is 12.3 Å². The van der Waals surface area contributed by atoms with E-state index in [0.717, 1.165) is 30.9 Å². The van der Waals surface area contributed by atoms with Crippen LogP contribution in [0.25, 0.3) is 22.3 Å². The SMILES string of the molecule is O=C(c1ccc2nc(-c3ccc(C(F)(F)F)cc3)c(CCCCC(O)O)nc2c1)N1CCN(c2ccccc2)CC1. The Morgan fingerprint density at radius 3 is 2.22 bits per heavy atom. The molecule has 1 fully saturated rings. The number of anilines is 1. The van der Waals surface area contributed by atoms with Crippen LogP contribution in [-0.4, -0.2) is 63.5 Å². The zero-order valence-electron chi connectivity index (χ0n) is 22.4. The molecule has 0 unspecified atom stereocenters. The molecule has 214 valence electrons. The summed E-state index contributed by atoms with van der Waals surface area (Å²) in [5.41, 5.74) is 3.47. The first-order valence-electron chi connectivity index (χ1n) is 13.6. The maximum absolute atomic E-state index is 13.4. The second-order valence-corrected chi connectivity index (χ2v) is 10.1. The molecule has 1 aliphatic heterocycles. The second-order valence-electron chi connectivity index (χ2n) is 10.1. The summed E-state index contributed by atoms with van der Waals surface area (Å²) >= 11 is 0. The van der Waals surface area contributed by atoms with Gasteiger partial charge in [0, 0.05) is 43.0 Å². The van der Waals surface area contributed by atoms with Gasteiger partial charge in [-0.15, -0.1) is 0 Å². The van der Waals surface area contributed by atoms with Crippen LogP contribution in [0.15, 0.2) is 72.8 Å². The fraction of sp³-hybridized carbons (Fsp3) is 0.323. The highest BCUT2D eigenvalue weighted by molar-refractivity contribution is 5.97. The lowest BCUT2D eigenvalue weighted by Gasteiger charge is -2.36. The Labute approximate surface area is 235 Å². The Hall–Kier alpha value is -4.02. The predicted molar refractivity (Wildman–Crippen MR) is 150 cm³/mol. The maximum atomic E-state index is 13.4. The predicted octanol–water partition coefficient (Wildman–Crippen LogP) is 5.30. The molecule has 1 saturated heterocycles. The Balaban J connectivity index is 1.39. The number of unbranched alkanes of at least 4 members (excludes halogenated alkanes) is 1. The van der Waals surface area contributed by atoms with Gasteiger partial charge in [0.25, 0.3) is 5.91 Å². The third-order valence-electron chi connectivity index (χ3n) is 7.28. The van der Waals surface area contributed by atoms with Crippen LogP contribution in [0.5, 0.6) is 0 Å². The van der Waals surface area contributed by atoms with Crippen molar-refractivity contribution in [2.75, 3.05) is 31.1 Å². The molecule has 0 aliphatic carbocycles. The molecule has 4 aromatic rings. The molecule has 1 amide bonds. The fourth-order valence-electron chi connectivity index (χ4n) is 5.05. The fourth-order valence-corrected chi connectivity index (χ4v) is 5.05. The number of carbonyl (C=O) groups is 1. The first kappa shape index (κ1) is 28.5. The number of nitrogens with zero attached hydrogens (tertiary/aromatic N) is 4. The van der Waals surface area contributed by atoms with Gasteiger partial charge in [0.05, 0.1) is 28.0 Å². The van der Waals surface area contributed by atoms with Crippen molar-refractivity contribution in [3.63, 3.8) is 0 Å². The van der Waals surface area contributed by atoms with Crippen LogP contribution < -0.4 is 4.90 Å². The average Bonchev–Trinajstić information content (AvgIpc) is 2.98. The molecular weight excluding hydrogens is 533 g/mol. The van der Waals surface area contributed by atoms with Crippen LogP contribution in [0.2, 0.25) is 0 Å². The number of halogens is 3. The molecular formula is C31H31F3N4O3. The molecule has 0 saturated carbocycles. The number of para-hydroxylation sites is 1. The van der Waals surface area contributed by atoms with Gasteiger partial charge < -0.3 is 20.0 Å². The van der Waals surface area contributed by atoms with E-state index in [1.807, 2.05) is 23.1 Å². The lowest BCUT2D eigenvalue weighted by molar-refractivity contribution is -0.137. The Kier molecular flexibility index (Phi) is 8.51. The monoisotopic (exact) mass is 564 g/mol. The number of aliphatic hydroxyl groups is 2. The highest BCUT2D eigenvalue weighted by Gasteiger charge is 2.30. The first-order chi connectivity index (χ1) is 19.7. The molecule has 0 bridgehead atoms. The third kappa shape index (κ3) is 6.83. The molecule has 3 aromatic carbocycles. The number of aromatic nitrogens is 2. The second kappa shape index (κ2) is 12.2. The zero-order chi connectivity index (χ0) is 29.0. The topological polar surface area (TPSA) is 89.8 Å². The maximum Gasteiger partial charge on any atom is 0.416 e. The number of hydrogen-bond donors (Lipinski definition) is 2. The van der Waals surface area contributed by atoms with Crippen LogP contribution in [0.4, 0.5) is 18.9 Å². The van der Waals surface area contributed by atoms with Crippen LogP contribution in [0, 0.1) is 0 Å². The zero-order valence-corrected chi connectivity index (χ0v) is 22.4. The number of benzene rings is 3. The number of piperazine rings is 1. The van der Waals surface area contributed by atoms with Gasteiger partial charge in [-0.3, -0.25) is 4.79 Å². The number of fused-ring (bicyclic) bond motifs is 1. The molecule has 0 atom stereocenters. The molecule has 2 N–H and O–H groups in total. The minimum absolute atomic E-state index is 0.0910. The van der Waals surface area contributed by atoms with Crippen LogP contribution in [-0.2, 0) is 12.6 Å². The van der Waals surface area contributed by atoms with Crippen molar-refractivity contribution in [1.82, 2.24) is 14.9 Å². The highest BCUT2D eigenvalue weighted by Crippen LogP contribution is 2.32. The van der Waals surface area contributed by atoms with Crippen molar-refractivity contribution in [3.05, 3.63) is 89.6 Å². The number of rotatable bonds is 8. The van der Waals surface area contributed by atoms with Gasteiger partial charge in [-0.2, -0.15) is 13.2 Å². The summed E-state index contributed by atoms with van der Waals surface area (Å²) in [7, 11) is 0. The average molecular weight is 565 g/mol. The molecule has 1 aromatic heterocycles. The third-order valence-corrected chi connectivity index (χ3v) is 7.28. The summed E-state index contributed by atoms with van der Waals surface area (Å²) < 4.78 is 39.3. The Morgan fingerprint density at radius 1 is 0.854 bits per heavy atom.